The molecule has 160 valence electrons. The minimum atomic E-state index is -0.292. The van der Waals surface area contributed by atoms with Crippen LogP contribution < -0.4 is 14.9 Å². The number of nitrogens with zero attached hydrogens (tertiary/aromatic N) is 1. The SMILES string of the molecule is CCCCOc1ccccc1/C=N\NC(=O)c1ccc(OCc2ccc(Br)cc2)cc1. The third-order valence-corrected chi connectivity index (χ3v) is 5.01. The zero-order valence-electron chi connectivity index (χ0n) is 17.4. The van der Waals surface area contributed by atoms with Crippen molar-refractivity contribution in [1.29, 1.82) is 0 Å². The normalized spacial score (nSPS) is 10.8. The van der Waals surface area contributed by atoms with Gasteiger partial charge < -0.3 is 9.47 Å². The molecule has 0 atom stereocenters. The lowest BCUT2D eigenvalue weighted by atomic mass is 10.2. The molecule has 0 radical (unpaired) electrons. The van der Waals surface area contributed by atoms with Gasteiger partial charge in [0.25, 0.3) is 5.91 Å². The Balaban J connectivity index is 1.52. The molecule has 0 heterocycles. The average Bonchev–Trinajstić information content (AvgIpc) is 2.80. The fraction of sp³-hybridized carbons (Fsp3) is 0.200. The van der Waals surface area contributed by atoms with Crippen molar-refractivity contribution in [2.75, 3.05) is 6.61 Å². The Labute approximate surface area is 191 Å². The molecule has 0 saturated heterocycles. The van der Waals surface area contributed by atoms with Crippen LogP contribution in [-0.4, -0.2) is 18.7 Å². The summed E-state index contributed by atoms with van der Waals surface area (Å²) in [6, 6.07) is 22.5. The molecule has 1 N–H and O–H groups in total. The largest absolute Gasteiger partial charge is 0.493 e. The maximum absolute atomic E-state index is 12.4. The van der Waals surface area contributed by atoms with Crippen molar-refractivity contribution in [3.8, 4) is 11.5 Å². The summed E-state index contributed by atoms with van der Waals surface area (Å²) in [6.45, 7) is 3.24. The van der Waals surface area contributed by atoms with E-state index >= 15 is 0 Å². The van der Waals surface area contributed by atoms with E-state index in [1.165, 1.54) is 0 Å². The standard InChI is InChI=1S/C25H25BrN2O3/c1-2-3-16-30-24-7-5-4-6-21(24)17-27-28-25(29)20-10-14-23(15-11-20)31-18-19-8-12-22(26)13-9-19/h4-15,17H,2-3,16,18H2,1H3,(H,28,29)/b27-17-. The number of unbranched alkanes of at least 4 members (excludes halogenated alkanes) is 1. The van der Waals surface area contributed by atoms with Crippen LogP contribution in [0.25, 0.3) is 0 Å². The summed E-state index contributed by atoms with van der Waals surface area (Å²) in [5, 5.41) is 4.07. The van der Waals surface area contributed by atoms with Crippen LogP contribution in [0.15, 0.2) is 82.4 Å². The number of halogens is 1. The molecule has 3 aromatic carbocycles. The Morgan fingerprint density at radius 2 is 1.74 bits per heavy atom. The van der Waals surface area contributed by atoms with Gasteiger partial charge in [0.15, 0.2) is 0 Å². The lowest BCUT2D eigenvalue weighted by Gasteiger charge is -2.08. The minimum Gasteiger partial charge on any atom is -0.493 e. The Bertz CT molecular complexity index is 1000. The number of benzene rings is 3. The van der Waals surface area contributed by atoms with Crippen LogP contribution in [0.3, 0.4) is 0 Å². The second-order valence-electron chi connectivity index (χ2n) is 6.88. The predicted octanol–water partition coefficient (Wildman–Crippen LogP) is 5.97. The molecule has 0 unspecified atom stereocenters. The average molecular weight is 481 g/mol. The zero-order chi connectivity index (χ0) is 21.9. The van der Waals surface area contributed by atoms with Gasteiger partial charge in [0.05, 0.1) is 12.8 Å². The summed E-state index contributed by atoms with van der Waals surface area (Å²) >= 11 is 3.42. The molecule has 0 aliphatic carbocycles. The highest BCUT2D eigenvalue weighted by Gasteiger charge is 2.05. The van der Waals surface area contributed by atoms with Crippen LogP contribution in [-0.2, 0) is 6.61 Å². The molecule has 5 nitrogen and oxygen atoms in total. The number of ether oxygens (including phenoxy) is 2. The van der Waals surface area contributed by atoms with E-state index in [9.17, 15) is 4.79 Å². The second-order valence-corrected chi connectivity index (χ2v) is 7.79. The molecule has 3 aromatic rings. The van der Waals surface area contributed by atoms with E-state index in [0.717, 1.165) is 34.2 Å². The van der Waals surface area contributed by atoms with Crippen LogP contribution in [0.4, 0.5) is 0 Å². The predicted molar refractivity (Wildman–Crippen MR) is 127 cm³/mol. The molecular weight excluding hydrogens is 456 g/mol. The van der Waals surface area contributed by atoms with E-state index < -0.39 is 0 Å². The van der Waals surface area contributed by atoms with Gasteiger partial charge in [-0.1, -0.05) is 53.5 Å². The fourth-order valence-corrected chi connectivity index (χ4v) is 2.98. The first-order valence-electron chi connectivity index (χ1n) is 10.2. The molecule has 0 bridgehead atoms. The molecule has 0 aliphatic rings. The Morgan fingerprint density at radius 1 is 1.00 bits per heavy atom. The number of hydrogen-bond acceptors (Lipinski definition) is 4. The number of carbonyl (C=O) groups is 1. The smallest absolute Gasteiger partial charge is 0.271 e. The Kier molecular flexibility index (Phi) is 8.67. The molecular formula is C25H25BrN2O3. The van der Waals surface area contributed by atoms with E-state index in [1.807, 2.05) is 48.5 Å². The van der Waals surface area contributed by atoms with Crippen LogP contribution in [0.2, 0.25) is 0 Å². The first-order valence-corrected chi connectivity index (χ1v) is 11.0. The quantitative estimate of drug-likeness (QED) is 0.221. The molecule has 3 rings (SSSR count). The number of carbonyl (C=O) groups excluding carboxylic acids is 1. The fourth-order valence-electron chi connectivity index (χ4n) is 2.72. The lowest BCUT2D eigenvalue weighted by Crippen LogP contribution is -2.17. The Hall–Kier alpha value is -3.12. The molecule has 0 fully saturated rings. The van der Waals surface area contributed by atoms with Crippen molar-refractivity contribution in [3.63, 3.8) is 0 Å². The number of rotatable bonds is 10. The molecule has 6 heteroatoms. The summed E-state index contributed by atoms with van der Waals surface area (Å²) in [6.07, 6.45) is 3.65. The van der Waals surface area contributed by atoms with Gasteiger partial charge in [0.2, 0.25) is 0 Å². The van der Waals surface area contributed by atoms with Crippen molar-refractivity contribution in [2.45, 2.75) is 26.4 Å². The van der Waals surface area contributed by atoms with Crippen molar-refractivity contribution in [1.82, 2.24) is 5.43 Å². The summed E-state index contributed by atoms with van der Waals surface area (Å²) in [5.74, 6) is 1.16. The molecule has 0 aromatic heterocycles. The highest BCUT2D eigenvalue weighted by molar-refractivity contribution is 9.10. The summed E-state index contributed by atoms with van der Waals surface area (Å²) in [5.41, 5.74) is 4.94. The number of hydrogen-bond donors (Lipinski definition) is 1. The maximum atomic E-state index is 12.4. The van der Waals surface area contributed by atoms with Crippen LogP contribution in [0.1, 0.15) is 41.3 Å². The van der Waals surface area contributed by atoms with E-state index in [0.29, 0.717) is 24.5 Å². The first kappa shape index (κ1) is 22.6. The van der Waals surface area contributed by atoms with E-state index in [1.54, 1.807) is 30.5 Å². The van der Waals surface area contributed by atoms with Crippen molar-refractivity contribution < 1.29 is 14.3 Å². The van der Waals surface area contributed by atoms with Crippen LogP contribution >= 0.6 is 15.9 Å². The molecule has 0 aliphatic heterocycles. The van der Waals surface area contributed by atoms with E-state index in [-0.39, 0.29) is 5.91 Å². The minimum absolute atomic E-state index is 0.292. The summed E-state index contributed by atoms with van der Waals surface area (Å²) in [4.78, 5) is 12.4. The zero-order valence-corrected chi connectivity index (χ0v) is 19.0. The molecule has 0 saturated carbocycles. The van der Waals surface area contributed by atoms with Gasteiger partial charge in [-0.05, 0) is 60.5 Å². The third kappa shape index (κ3) is 7.26. The molecule has 0 spiro atoms. The van der Waals surface area contributed by atoms with Gasteiger partial charge >= 0.3 is 0 Å². The first-order chi connectivity index (χ1) is 15.2. The third-order valence-electron chi connectivity index (χ3n) is 4.48. The van der Waals surface area contributed by atoms with Gasteiger partial charge in [-0.3, -0.25) is 4.79 Å². The summed E-state index contributed by atoms with van der Waals surface area (Å²) in [7, 11) is 0. The van der Waals surface area contributed by atoms with Gasteiger partial charge in [-0.15, -0.1) is 0 Å². The van der Waals surface area contributed by atoms with Crippen molar-refractivity contribution in [2.24, 2.45) is 5.10 Å². The number of hydrazone groups is 1. The van der Waals surface area contributed by atoms with Crippen LogP contribution in [0.5, 0.6) is 11.5 Å². The summed E-state index contributed by atoms with van der Waals surface area (Å²) < 4.78 is 12.6. The molecule has 1 amide bonds. The van der Waals surface area contributed by atoms with Gasteiger partial charge in [-0.25, -0.2) is 5.43 Å². The number of amides is 1. The van der Waals surface area contributed by atoms with Gasteiger partial charge in [-0.2, -0.15) is 5.10 Å². The topological polar surface area (TPSA) is 59.9 Å². The van der Waals surface area contributed by atoms with E-state index in [2.05, 4.69) is 33.4 Å². The number of para-hydroxylation sites is 1. The van der Waals surface area contributed by atoms with Gasteiger partial charge in [0, 0.05) is 15.6 Å². The maximum Gasteiger partial charge on any atom is 0.271 e. The highest BCUT2D eigenvalue weighted by atomic mass is 79.9. The highest BCUT2D eigenvalue weighted by Crippen LogP contribution is 2.17. The molecule has 31 heavy (non-hydrogen) atoms. The van der Waals surface area contributed by atoms with Crippen LogP contribution in [0, 0.1) is 0 Å². The van der Waals surface area contributed by atoms with Crippen molar-refractivity contribution in [3.05, 3.63) is 94.0 Å². The van der Waals surface area contributed by atoms with Gasteiger partial charge in [0.1, 0.15) is 18.1 Å². The second kappa shape index (κ2) is 11.9. The Morgan fingerprint density at radius 3 is 2.48 bits per heavy atom. The number of nitrogens with one attached hydrogen (secondary N) is 1. The lowest BCUT2D eigenvalue weighted by molar-refractivity contribution is 0.0955. The van der Waals surface area contributed by atoms with E-state index in [4.69, 9.17) is 9.47 Å². The van der Waals surface area contributed by atoms with Crippen molar-refractivity contribution >= 4 is 28.1 Å². The monoisotopic (exact) mass is 480 g/mol.